The van der Waals surface area contributed by atoms with Crippen LogP contribution in [0.1, 0.15) is 76.8 Å². The van der Waals surface area contributed by atoms with Crippen molar-refractivity contribution in [2.45, 2.75) is 71.3 Å². The number of hydrogen-bond acceptors (Lipinski definition) is 1. The van der Waals surface area contributed by atoms with Crippen molar-refractivity contribution in [1.82, 2.24) is 5.32 Å². The molecule has 2 heteroatoms. The molecule has 1 atom stereocenters. The molecule has 0 spiro atoms. The van der Waals surface area contributed by atoms with Crippen molar-refractivity contribution in [2.24, 2.45) is 0 Å². The average molecular weight is 340 g/mol. The Morgan fingerprint density at radius 3 is 2.05 bits per heavy atom. The van der Waals surface area contributed by atoms with Gasteiger partial charge < -0.3 is 5.32 Å². The smallest absolute Gasteiger partial charge is 0.0291 e. The highest BCUT2D eigenvalue weighted by atomic mass is 79.9. The molecule has 0 unspecified atom stereocenters. The molecule has 0 radical (unpaired) electrons. The fourth-order valence-electron chi connectivity index (χ4n) is 2.45. The maximum Gasteiger partial charge on any atom is 0.0291 e. The summed E-state index contributed by atoms with van der Waals surface area (Å²) in [5.41, 5.74) is 1.37. The molecule has 0 amide bonds. The summed E-state index contributed by atoms with van der Waals surface area (Å²) in [6.07, 6.45) is 11.1. The summed E-state index contributed by atoms with van der Waals surface area (Å²) in [7, 11) is 0. The van der Waals surface area contributed by atoms with Gasteiger partial charge in [-0.05, 0) is 37.6 Å². The van der Waals surface area contributed by atoms with Crippen LogP contribution in [0.3, 0.4) is 0 Å². The number of hydrogen-bond donors (Lipinski definition) is 1. The van der Waals surface area contributed by atoms with Crippen molar-refractivity contribution in [3.05, 3.63) is 34.3 Å². The third kappa shape index (κ3) is 8.06. The molecule has 1 nitrogen and oxygen atoms in total. The van der Waals surface area contributed by atoms with Gasteiger partial charge in [0.2, 0.25) is 0 Å². The second kappa shape index (κ2) is 11.3. The summed E-state index contributed by atoms with van der Waals surface area (Å²) in [5, 5.41) is 3.61. The van der Waals surface area contributed by atoms with E-state index in [0.29, 0.717) is 6.04 Å². The first-order valence-corrected chi connectivity index (χ1v) is 9.02. The molecule has 0 saturated heterocycles. The minimum Gasteiger partial charge on any atom is -0.310 e. The Kier molecular flexibility index (Phi) is 10.0. The van der Waals surface area contributed by atoms with Gasteiger partial charge in [0.25, 0.3) is 0 Å². The predicted octanol–water partition coefficient (Wildman–Crippen LogP) is 6.24. The lowest BCUT2D eigenvalue weighted by atomic mass is 10.1. The van der Waals surface area contributed by atoms with E-state index in [1.165, 1.54) is 56.9 Å². The zero-order chi connectivity index (χ0) is 14.6. The van der Waals surface area contributed by atoms with Crippen LogP contribution in [0.25, 0.3) is 0 Å². The lowest BCUT2D eigenvalue weighted by Gasteiger charge is -2.14. The van der Waals surface area contributed by atoms with E-state index >= 15 is 0 Å². The van der Waals surface area contributed by atoms with E-state index < -0.39 is 0 Å². The molecular formula is C18H30BrN. The van der Waals surface area contributed by atoms with Crippen molar-refractivity contribution in [1.29, 1.82) is 0 Å². The molecular weight excluding hydrogens is 310 g/mol. The quantitative estimate of drug-likeness (QED) is 0.470. The van der Waals surface area contributed by atoms with Crippen LogP contribution in [-0.2, 0) is 0 Å². The number of nitrogens with one attached hydrogen (secondary N) is 1. The standard InChI is InChI=1S/C18H30BrN/c1-3-4-5-6-7-8-9-10-15-20-16(2)17-11-13-18(19)14-12-17/h11-14,16,20H,3-10,15H2,1-2H3/t16-/m0/s1. The number of rotatable bonds is 11. The molecule has 1 aromatic carbocycles. The number of halogens is 1. The van der Waals surface area contributed by atoms with Crippen molar-refractivity contribution in [3.63, 3.8) is 0 Å². The van der Waals surface area contributed by atoms with Crippen LogP contribution in [0.2, 0.25) is 0 Å². The monoisotopic (exact) mass is 339 g/mol. The molecule has 20 heavy (non-hydrogen) atoms. The molecule has 0 aliphatic heterocycles. The first-order chi connectivity index (χ1) is 9.74. The van der Waals surface area contributed by atoms with E-state index in [0.717, 1.165) is 11.0 Å². The third-order valence-corrected chi connectivity index (χ3v) is 4.38. The second-order valence-electron chi connectivity index (χ2n) is 5.70. The van der Waals surface area contributed by atoms with Crippen LogP contribution < -0.4 is 5.32 Å². The van der Waals surface area contributed by atoms with Crippen LogP contribution in [0.15, 0.2) is 28.7 Å². The van der Waals surface area contributed by atoms with Crippen molar-refractivity contribution in [3.8, 4) is 0 Å². The maximum absolute atomic E-state index is 3.61. The molecule has 0 heterocycles. The molecule has 0 aliphatic rings. The van der Waals surface area contributed by atoms with E-state index in [1.807, 2.05) is 0 Å². The van der Waals surface area contributed by atoms with E-state index in [4.69, 9.17) is 0 Å². The number of unbranched alkanes of at least 4 members (excludes halogenated alkanes) is 7. The Morgan fingerprint density at radius 1 is 0.900 bits per heavy atom. The highest BCUT2D eigenvalue weighted by Crippen LogP contribution is 2.16. The zero-order valence-corrected chi connectivity index (χ0v) is 14.7. The Hall–Kier alpha value is -0.340. The van der Waals surface area contributed by atoms with Gasteiger partial charge in [-0.2, -0.15) is 0 Å². The van der Waals surface area contributed by atoms with Gasteiger partial charge in [-0.15, -0.1) is 0 Å². The highest BCUT2D eigenvalue weighted by Gasteiger charge is 2.03. The molecule has 0 aromatic heterocycles. The Bertz CT molecular complexity index is 334. The van der Waals surface area contributed by atoms with Gasteiger partial charge in [0.1, 0.15) is 0 Å². The van der Waals surface area contributed by atoms with Crippen LogP contribution in [0.5, 0.6) is 0 Å². The molecule has 0 saturated carbocycles. The van der Waals surface area contributed by atoms with E-state index in [-0.39, 0.29) is 0 Å². The Labute approximate surface area is 133 Å². The summed E-state index contributed by atoms with van der Waals surface area (Å²) in [5.74, 6) is 0. The Balaban J connectivity index is 1.99. The number of benzene rings is 1. The van der Waals surface area contributed by atoms with E-state index in [2.05, 4.69) is 59.4 Å². The topological polar surface area (TPSA) is 12.0 Å². The van der Waals surface area contributed by atoms with Crippen LogP contribution in [0.4, 0.5) is 0 Å². The lowest BCUT2D eigenvalue weighted by molar-refractivity contribution is 0.521. The van der Waals surface area contributed by atoms with Gasteiger partial charge in [0.05, 0.1) is 0 Å². The summed E-state index contributed by atoms with van der Waals surface area (Å²) >= 11 is 3.48. The SMILES string of the molecule is CCCCCCCCCCN[C@@H](C)c1ccc(Br)cc1. The van der Waals surface area contributed by atoms with E-state index in [1.54, 1.807) is 0 Å². The zero-order valence-electron chi connectivity index (χ0n) is 13.1. The first-order valence-electron chi connectivity index (χ1n) is 8.23. The van der Waals surface area contributed by atoms with Gasteiger partial charge in [0, 0.05) is 10.5 Å². The van der Waals surface area contributed by atoms with Gasteiger partial charge in [-0.25, -0.2) is 0 Å². The molecule has 114 valence electrons. The largest absolute Gasteiger partial charge is 0.310 e. The molecule has 0 fully saturated rings. The molecule has 1 rings (SSSR count). The first kappa shape index (κ1) is 17.7. The van der Waals surface area contributed by atoms with Gasteiger partial charge >= 0.3 is 0 Å². The summed E-state index contributed by atoms with van der Waals surface area (Å²) in [4.78, 5) is 0. The van der Waals surface area contributed by atoms with Crippen LogP contribution >= 0.6 is 15.9 Å². The summed E-state index contributed by atoms with van der Waals surface area (Å²) in [6, 6.07) is 9.06. The van der Waals surface area contributed by atoms with Crippen molar-refractivity contribution in [2.75, 3.05) is 6.54 Å². The third-order valence-electron chi connectivity index (χ3n) is 3.85. The Morgan fingerprint density at radius 2 is 1.45 bits per heavy atom. The summed E-state index contributed by atoms with van der Waals surface area (Å²) in [6.45, 7) is 5.65. The van der Waals surface area contributed by atoms with E-state index in [9.17, 15) is 0 Å². The molecule has 1 N–H and O–H groups in total. The van der Waals surface area contributed by atoms with Gasteiger partial charge in [0.15, 0.2) is 0 Å². The minimum absolute atomic E-state index is 0.452. The maximum atomic E-state index is 3.61. The summed E-state index contributed by atoms with van der Waals surface area (Å²) < 4.78 is 1.15. The highest BCUT2D eigenvalue weighted by molar-refractivity contribution is 9.10. The normalized spacial score (nSPS) is 12.6. The molecule has 1 aromatic rings. The van der Waals surface area contributed by atoms with Gasteiger partial charge in [-0.3, -0.25) is 0 Å². The second-order valence-corrected chi connectivity index (χ2v) is 6.62. The van der Waals surface area contributed by atoms with Crippen molar-refractivity contribution >= 4 is 15.9 Å². The fourth-order valence-corrected chi connectivity index (χ4v) is 2.71. The van der Waals surface area contributed by atoms with Crippen molar-refractivity contribution < 1.29 is 0 Å². The lowest BCUT2D eigenvalue weighted by Crippen LogP contribution is -2.19. The predicted molar refractivity (Wildman–Crippen MR) is 93.2 cm³/mol. The van der Waals surface area contributed by atoms with Gasteiger partial charge in [-0.1, -0.05) is 79.9 Å². The fraction of sp³-hybridized carbons (Fsp3) is 0.667. The molecule has 0 bridgehead atoms. The average Bonchev–Trinajstić information content (AvgIpc) is 2.46. The minimum atomic E-state index is 0.452. The molecule has 0 aliphatic carbocycles. The van der Waals surface area contributed by atoms with Crippen LogP contribution in [-0.4, -0.2) is 6.54 Å². The van der Waals surface area contributed by atoms with Crippen LogP contribution in [0, 0.1) is 0 Å².